The molecule has 0 aliphatic heterocycles. The molecule has 0 aromatic carbocycles. The van der Waals surface area contributed by atoms with E-state index in [1.54, 1.807) is 0 Å². The molecule has 0 radical (unpaired) electrons. The summed E-state index contributed by atoms with van der Waals surface area (Å²) in [7, 11) is 2.87. The lowest BCUT2D eigenvalue weighted by Gasteiger charge is -2.08. The van der Waals surface area contributed by atoms with Crippen LogP contribution >= 0.6 is 23.2 Å². The van der Waals surface area contributed by atoms with Crippen molar-refractivity contribution >= 4 is 35.1 Å². The number of pyridine rings is 1. The standard InChI is InChI=1S/C12H10Cl2N4O3/c1-20-8-5-9(21-2)17-12(16-8)18-11(19)10-6(13)3-4-7(14)15-10/h3-5H,1-2H3,(H,16,17,18,19). The van der Waals surface area contributed by atoms with Gasteiger partial charge in [0.25, 0.3) is 5.91 Å². The molecule has 0 aliphatic rings. The first-order valence-corrected chi connectivity index (χ1v) is 6.39. The quantitative estimate of drug-likeness (QED) is 0.867. The van der Waals surface area contributed by atoms with E-state index >= 15 is 0 Å². The van der Waals surface area contributed by atoms with Crippen molar-refractivity contribution in [3.63, 3.8) is 0 Å². The summed E-state index contributed by atoms with van der Waals surface area (Å²) in [6, 6.07) is 4.42. The van der Waals surface area contributed by atoms with Crippen LogP contribution in [0.25, 0.3) is 0 Å². The number of methoxy groups -OCH3 is 2. The average molecular weight is 329 g/mol. The highest BCUT2D eigenvalue weighted by Gasteiger charge is 2.15. The van der Waals surface area contributed by atoms with Crippen molar-refractivity contribution in [1.29, 1.82) is 0 Å². The van der Waals surface area contributed by atoms with E-state index in [-0.39, 0.29) is 33.6 Å². The predicted octanol–water partition coefficient (Wildman–Crippen LogP) is 2.45. The van der Waals surface area contributed by atoms with Gasteiger partial charge in [0, 0.05) is 0 Å². The van der Waals surface area contributed by atoms with Gasteiger partial charge >= 0.3 is 0 Å². The van der Waals surface area contributed by atoms with E-state index < -0.39 is 5.91 Å². The molecule has 2 rings (SSSR count). The first-order valence-electron chi connectivity index (χ1n) is 5.64. The van der Waals surface area contributed by atoms with Gasteiger partial charge < -0.3 is 9.47 Å². The number of carbonyl (C=O) groups is 1. The molecule has 1 amide bonds. The summed E-state index contributed by atoms with van der Waals surface area (Å²) in [5.74, 6) is -0.128. The number of aromatic nitrogens is 3. The van der Waals surface area contributed by atoms with E-state index in [1.165, 1.54) is 32.4 Å². The van der Waals surface area contributed by atoms with Crippen LogP contribution in [0, 0.1) is 0 Å². The van der Waals surface area contributed by atoms with Gasteiger partial charge in [0.15, 0.2) is 0 Å². The Kier molecular flexibility index (Phi) is 4.77. The summed E-state index contributed by atoms with van der Waals surface area (Å²) < 4.78 is 9.96. The van der Waals surface area contributed by atoms with Gasteiger partial charge in [-0.3, -0.25) is 10.1 Å². The molecular weight excluding hydrogens is 319 g/mol. The fraction of sp³-hybridized carbons (Fsp3) is 0.167. The van der Waals surface area contributed by atoms with Gasteiger partial charge in [-0.2, -0.15) is 9.97 Å². The topological polar surface area (TPSA) is 86.2 Å². The molecule has 9 heteroatoms. The zero-order chi connectivity index (χ0) is 15.4. The molecule has 2 aromatic heterocycles. The van der Waals surface area contributed by atoms with Crippen LogP contribution in [0.1, 0.15) is 10.5 Å². The summed E-state index contributed by atoms with van der Waals surface area (Å²) in [5, 5.41) is 2.75. The Morgan fingerprint density at radius 2 is 1.71 bits per heavy atom. The lowest BCUT2D eigenvalue weighted by molar-refractivity contribution is 0.102. The fourth-order valence-corrected chi connectivity index (χ4v) is 1.75. The number of nitrogens with one attached hydrogen (secondary N) is 1. The van der Waals surface area contributed by atoms with E-state index in [9.17, 15) is 4.79 Å². The normalized spacial score (nSPS) is 10.1. The van der Waals surface area contributed by atoms with Crippen LogP contribution in [0.15, 0.2) is 18.2 Å². The molecule has 0 spiro atoms. The van der Waals surface area contributed by atoms with Gasteiger partial charge in [-0.1, -0.05) is 23.2 Å². The number of carbonyl (C=O) groups excluding carboxylic acids is 1. The van der Waals surface area contributed by atoms with Crippen LogP contribution in [0.4, 0.5) is 5.95 Å². The molecule has 0 unspecified atom stereocenters. The summed E-state index contributed by atoms with van der Waals surface area (Å²) >= 11 is 11.6. The Hall–Kier alpha value is -2.12. The van der Waals surface area contributed by atoms with Gasteiger partial charge in [-0.05, 0) is 12.1 Å². The molecule has 0 saturated carbocycles. The van der Waals surface area contributed by atoms with Crippen molar-refractivity contribution in [3.8, 4) is 11.8 Å². The molecule has 2 aromatic rings. The van der Waals surface area contributed by atoms with Crippen molar-refractivity contribution in [1.82, 2.24) is 15.0 Å². The minimum Gasteiger partial charge on any atom is -0.481 e. The third-order valence-electron chi connectivity index (χ3n) is 2.35. The van der Waals surface area contributed by atoms with Crippen molar-refractivity contribution in [2.45, 2.75) is 0 Å². The lowest BCUT2D eigenvalue weighted by Crippen LogP contribution is -2.16. The molecule has 0 atom stereocenters. The number of hydrogen-bond acceptors (Lipinski definition) is 6. The van der Waals surface area contributed by atoms with Gasteiger partial charge in [0.1, 0.15) is 10.8 Å². The highest BCUT2D eigenvalue weighted by Crippen LogP contribution is 2.20. The maximum atomic E-state index is 12.1. The second-order valence-corrected chi connectivity index (χ2v) is 4.49. The maximum absolute atomic E-state index is 12.1. The van der Waals surface area contributed by atoms with Crippen LogP contribution in [-0.2, 0) is 0 Å². The summed E-state index contributed by atoms with van der Waals surface area (Å²) in [5.41, 5.74) is -0.0328. The third-order valence-corrected chi connectivity index (χ3v) is 2.87. The number of nitrogens with zero attached hydrogens (tertiary/aromatic N) is 3. The van der Waals surface area contributed by atoms with Crippen LogP contribution in [0.2, 0.25) is 10.2 Å². The van der Waals surface area contributed by atoms with Gasteiger partial charge in [-0.15, -0.1) is 0 Å². The molecule has 0 saturated heterocycles. The van der Waals surface area contributed by atoms with Gasteiger partial charge in [0.2, 0.25) is 17.7 Å². The number of hydrogen-bond donors (Lipinski definition) is 1. The number of anilines is 1. The first-order chi connectivity index (χ1) is 10.0. The Morgan fingerprint density at radius 1 is 1.10 bits per heavy atom. The molecule has 2 heterocycles. The molecule has 21 heavy (non-hydrogen) atoms. The zero-order valence-electron chi connectivity index (χ0n) is 11.1. The van der Waals surface area contributed by atoms with E-state index in [2.05, 4.69) is 20.3 Å². The number of rotatable bonds is 4. The molecular formula is C12H10Cl2N4O3. The minimum atomic E-state index is -0.599. The highest BCUT2D eigenvalue weighted by atomic mass is 35.5. The van der Waals surface area contributed by atoms with Crippen LogP contribution in [0.3, 0.4) is 0 Å². The van der Waals surface area contributed by atoms with Crippen LogP contribution < -0.4 is 14.8 Å². The van der Waals surface area contributed by atoms with Crippen LogP contribution in [-0.4, -0.2) is 35.1 Å². The smallest absolute Gasteiger partial charge is 0.278 e. The highest BCUT2D eigenvalue weighted by molar-refractivity contribution is 6.35. The zero-order valence-corrected chi connectivity index (χ0v) is 12.6. The fourth-order valence-electron chi connectivity index (χ4n) is 1.41. The summed E-state index contributed by atoms with van der Waals surface area (Å²) in [6.07, 6.45) is 0. The maximum Gasteiger partial charge on any atom is 0.278 e. The van der Waals surface area contributed by atoms with Crippen molar-refractivity contribution in [2.75, 3.05) is 19.5 Å². The SMILES string of the molecule is COc1cc(OC)nc(NC(=O)c2nc(Cl)ccc2Cl)n1. The van der Waals surface area contributed by atoms with Crippen LogP contribution in [0.5, 0.6) is 11.8 Å². The molecule has 110 valence electrons. The average Bonchev–Trinajstić information content (AvgIpc) is 2.49. The molecule has 0 aliphatic carbocycles. The van der Waals surface area contributed by atoms with E-state index in [1.807, 2.05) is 0 Å². The van der Waals surface area contributed by atoms with E-state index in [0.29, 0.717) is 0 Å². The Balaban J connectivity index is 2.28. The largest absolute Gasteiger partial charge is 0.481 e. The Morgan fingerprint density at radius 3 is 2.29 bits per heavy atom. The molecule has 0 bridgehead atoms. The van der Waals surface area contributed by atoms with E-state index in [4.69, 9.17) is 32.7 Å². The first kappa shape index (κ1) is 15.3. The molecule has 0 fully saturated rings. The second kappa shape index (κ2) is 6.55. The lowest BCUT2D eigenvalue weighted by atomic mass is 10.3. The predicted molar refractivity (Wildman–Crippen MR) is 77.3 cm³/mol. The monoisotopic (exact) mass is 328 g/mol. The van der Waals surface area contributed by atoms with E-state index in [0.717, 1.165) is 0 Å². The molecule has 1 N–H and O–H groups in total. The summed E-state index contributed by atoms with van der Waals surface area (Å²) in [6.45, 7) is 0. The van der Waals surface area contributed by atoms with Crippen molar-refractivity contribution < 1.29 is 14.3 Å². The van der Waals surface area contributed by atoms with Crippen molar-refractivity contribution in [3.05, 3.63) is 34.1 Å². The number of halogens is 2. The van der Waals surface area contributed by atoms with Gasteiger partial charge in [0.05, 0.1) is 25.3 Å². The van der Waals surface area contributed by atoms with Crippen molar-refractivity contribution in [2.24, 2.45) is 0 Å². The Labute approximate surface area is 130 Å². The summed E-state index contributed by atoms with van der Waals surface area (Å²) in [4.78, 5) is 23.9. The Bertz CT molecular complexity index is 659. The molecule has 7 nitrogen and oxygen atoms in total. The second-order valence-electron chi connectivity index (χ2n) is 3.69. The number of ether oxygens (including phenoxy) is 2. The third kappa shape index (κ3) is 3.71. The minimum absolute atomic E-state index is 0.00552. The van der Waals surface area contributed by atoms with Gasteiger partial charge in [-0.25, -0.2) is 4.98 Å². The number of amides is 1.